The van der Waals surface area contributed by atoms with Crippen LogP contribution in [0.5, 0.6) is 0 Å². The lowest BCUT2D eigenvalue weighted by Gasteiger charge is -2.07. The summed E-state index contributed by atoms with van der Waals surface area (Å²) >= 11 is 0. The molecule has 0 aromatic carbocycles. The summed E-state index contributed by atoms with van der Waals surface area (Å²) < 4.78 is 0. The van der Waals surface area contributed by atoms with Gasteiger partial charge in [-0.1, -0.05) is 32.3 Å². The molecule has 0 saturated carbocycles. The quantitative estimate of drug-likeness (QED) is 0.663. The van der Waals surface area contributed by atoms with Crippen LogP contribution in [0.15, 0.2) is 24.5 Å². The normalized spacial score (nSPS) is 12.0. The molecular weight excluding hydrogens is 184 g/mol. The van der Waals surface area contributed by atoms with E-state index in [1.165, 1.54) is 18.4 Å². The Morgan fingerprint density at radius 3 is 2.93 bits per heavy atom. The first kappa shape index (κ1) is 11.7. The molecule has 1 atom stereocenters. The zero-order valence-corrected chi connectivity index (χ0v) is 9.32. The molecule has 0 radical (unpaired) electrons. The van der Waals surface area contributed by atoms with Gasteiger partial charge in [-0.2, -0.15) is 5.26 Å². The Kier molecular flexibility index (Phi) is 5.47. The fraction of sp³-hybridized carbons (Fsp3) is 0.538. The molecule has 1 unspecified atom stereocenters. The van der Waals surface area contributed by atoms with E-state index < -0.39 is 0 Å². The summed E-state index contributed by atoms with van der Waals surface area (Å²) in [7, 11) is 0. The number of hydrogen-bond acceptors (Lipinski definition) is 2. The summed E-state index contributed by atoms with van der Waals surface area (Å²) in [5, 5.41) is 9.02. The van der Waals surface area contributed by atoms with E-state index >= 15 is 0 Å². The van der Waals surface area contributed by atoms with E-state index in [0.29, 0.717) is 0 Å². The van der Waals surface area contributed by atoms with Gasteiger partial charge >= 0.3 is 0 Å². The van der Waals surface area contributed by atoms with Crippen LogP contribution < -0.4 is 0 Å². The van der Waals surface area contributed by atoms with Gasteiger partial charge in [0, 0.05) is 12.4 Å². The highest BCUT2D eigenvalue weighted by atomic mass is 14.6. The number of aromatic nitrogens is 1. The average Bonchev–Trinajstić information content (AvgIpc) is 2.29. The molecule has 0 N–H and O–H groups in total. The Hall–Kier alpha value is -1.36. The molecule has 1 aromatic heterocycles. The Morgan fingerprint density at radius 2 is 2.33 bits per heavy atom. The summed E-state index contributed by atoms with van der Waals surface area (Å²) in [5.74, 6) is 0.153. The lowest BCUT2D eigenvalue weighted by atomic mass is 9.96. The van der Waals surface area contributed by atoms with E-state index in [-0.39, 0.29) is 5.92 Å². The molecule has 2 nitrogen and oxygen atoms in total. The summed E-state index contributed by atoms with van der Waals surface area (Å²) in [4.78, 5) is 4.06. The SMILES string of the molecule is CCCCCC(C#N)Cc1cccnc1. The lowest BCUT2D eigenvalue weighted by Crippen LogP contribution is -2.02. The van der Waals surface area contributed by atoms with Crippen LogP contribution in [-0.4, -0.2) is 4.98 Å². The number of hydrogen-bond donors (Lipinski definition) is 0. The van der Waals surface area contributed by atoms with Crippen LogP contribution in [0.25, 0.3) is 0 Å². The van der Waals surface area contributed by atoms with Crippen LogP contribution in [0.4, 0.5) is 0 Å². The highest BCUT2D eigenvalue weighted by Gasteiger charge is 2.07. The second-order valence-electron chi connectivity index (χ2n) is 3.89. The van der Waals surface area contributed by atoms with Gasteiger partial charge in [0.15, 0.2) is 0 Å². The van der Waals surface area contributed by atoms with Crippen molar-refractivity contribution in [3.8, 4) is 6.07 Å². The smallest absolute Gasteiger partial charge is 0.0659 e. The molecule has 15 heavy (non-hydrogen) atoms. The molecular formula is C13H18N2. The molecule has 0 aliphatic heterocycles. The Morgan fingerprint density at radius 1 is 1.47 bits per heavy atom. The summed E-state index contributed by atoms with van der Waals surface area (Å²) in [6.45, 7) is 2.18. The van der Waals surface area contributed by atoms with Crippen molar-refractivity contribution < 1.29 is 0 Å². The van der Waals surface area contributed by atoms with Gasteiger partial charge < -0.3 is 0 Å². The van der Waals surface area contributed by atoms with E-state index in [1.54, 1.807) is 6.20 Å². The molecule has 0 fully saturated rings. The van der Waals surface area contributed by atoms with Crippen molar-refractivity contribution in [3.05, 3.63) is 30.1 Å². The first-order chi connectivity index (χ1) is 7.36. The van der Waals surface area contributed by atoms with Crippen molar-refractivity contribution in [1.82, 2.24) is 4.98 Å². The fourth-order valence-electron chi connectivity index (χ4n) is 1.66. The molecule has 80 valence electrons. The molecule has 0 spiro atoms. The largest absolute Gasteiger partial charge is 0.264 e. The highest BCUT2D eigenvalue weighted by Crippen LogP contribution is 2.14. The number of nitriles is 1. The Labute approximate surface area is 92.0 Å². The number of unbranched alkanes of at least 4 members (excludes halogenated alkanes) is 2. The Balaban J connectivity index is 2.38. The predicted octanol–water partition coefficient (Wildman–Crippen LogP) is 3.34. The molecule has 0 amide bonds. The van der Waals surface area contributed by atoms with Crippen LogP contribution >= 0.6 is 0 Å². The lowest BCUT2D eigenvalue weighted by molar-refractivity contribution is 0.546. The van der Waals surface area contributed by atoms with Gasteiger partial charge in [-0.05, 0) is 24.5 Å². The van der Waals surface area contributed by atoms with Gasteiger partial charge in [-0.25, -0.2) is 0 Å². The van der Waals surface area contributed by atoms with Crippen molar-refractivity contribution in [2.75, 3.05) is 0 Å². The molecule has 2 heteroatoms. The van der Waals surface area contributed by atoms with E-state index in [9.17, 15) is 0 Å². The predicted molar refractivity (Wildman–Crippen MR) is 61.2 cm³/mol. The fourth-order valence-corrected chi connectivity index (χ4v) is 1.66. The van der Waals surface area contributed by atoms with Gasteiger partial charge in [0.1, 0.15) is 0 Å². The first-order valence-corrected chi connectivity index (χ1v) is 5.65. The van der Waals surface area contributed by atoms with E-state index in [2.05, 4.69) is 18.0 Å². The van der Waals surface area contributed by atoms with Crippen molar-refractivity contribution in [2.45, 2.75) is 39.0 Å². The maximum atomic E-state index is 9.02. The number of rotatable bonds is 6. The van der Waals surface area contributed by atoms with E-state index in [4.69, 9.17) is 5.26 Å². The minimum atomic E-state index is 0.153. The zero-order valence-electron chi connectivity index (χ0n) is 9.32. The standard InChI is InChI=1S/C13H18N2/c1-2-3-4-6-12(10-14)9-13-7-5-8-15-11-13/h5,7-8,11-12H,2-4,6,9H2,1H3. The van der Waals surface area contributed by atoms with Gasteiger partial charge in [-0.3, -0.25) is 4.98 Å². The molecule has 1 rings (SSSR count). The van der Waals surface area contributed by atoms with E-state index in [0.717, 1.165) is 19.3 Å². The average molecular weight is 202 g/mol. The first-order valence-electron chi connectivity index (χ1n) is 5.65. The number of pyridine rings is 1. The van der Waals surface area contributed by atoms with Gasteiger partial charge in [0.25, 0.3) is 0 Å². The van der Waals surface area contributed by atoms with Crippen molar-refractivity contribution >= 4 is 0 Å². The minimum absolute atomic E-state index is 0.153. The third kappa shape index (κ3) is 4.60. The molecule has 0 aliphatic rings. The maximum Gasteiger partial charge on any atom is 0.0659 e. The molecule has 1 heterocycles. The van der Waals surface area contributed by atoms with Gasteiger partial charge in [-0.15, -0.1) is 0 Å². The third-order valence-corrected chi connectivity index (χ3v) is 2.54. The molecule has 0 bridgehead atoms. The molecule has 1 aromatic rings. The summed E-state index contributed by atoms with van der Waals surface area (Å²) in [6.07, 6.45) is 9.07. The van der Waals surface area contributed by atoms with Crippen molar-refractivity contribution in [1.29, 1.82) is 5.26 Å². The molecule has 0 aliphatic carbocycles. The topological polar surface area (TPSA) is 36.7 Å². The van der Waals surface area contributed by atoms with Crippen LogP contribution in [0.3, 0.4) is 0 Å². The zero-order chi connectivity index (χ0) is 10.9. The second-order valence-corrected chi connectivity index (χ2v) is 3.89. The van der Waals surface area contributed by atoms with Crippen LogP contribution in [-0.2, 0) is 6.42 Å². The summed E-state index contributed by atoms with van der Waals surface area (Å²) in [6, 6.07) is 6.35. The highest BCUT2D eigenvalue weighted by molar-refractivity contribution is 5.11. The van der Waals surface area contributed by atoms with Crippen LogP contribution in [0, 0.1) is 17.2 Å². The number of nitrogens with zero attached hydrogens (tertiary/aromatic N) is 2. The second kappa shape index (κ2) is 7.00. The van der Waals surface area contributed by atoms with E-state index in [1.807, 2.05) is 18.3 Å². The van der Waals surface area contributed by atoms with Crippen molar-refractivity contribution in [3.63, 3.8) is 0 Å². The minimum Gasteiger partial charge on any atom is -0.264 e. The van der Waals surface area contributed by atoms with Crippen molar-refractivity contribution in [2.24, 2.45) is 5.92 Å². The van der Waals surface area contributed by atoms with Gasteiger partial charge in [0.05, 0.1) is 12.0 Å². The summed E-state index contributed by atoms with van der Waals surface area (Å²) in [5.41, 5.74) is 1.17. The van der Waals surface area contributed by atoms with Crippen LogP contribution in [0.2, 0.25) is 0 Å². The monoisotopic (exact) mass is 202 g/mol. The maximum absolute atomic E-state index is 9.02. The Bertz CT molecular complexity index is 300. The van der Waals surface area contributed by atoms with Gasteiger partial charge in [0.2, 0.25) is 0 Å². The van der Waals surface area contributed by atoms with Crippen LogP contribution in [0.1, 0.15) is 38.2 Å². The molecule has 0 saturated heterocycles. The third-order valence-electron chi connectivity index (χ3n) is 2.54.